The molecule has 12 heteroatoms. The van der Waals surface area contributed by atoms with Crippen molar-refractivity contribution < 1.29 is 52.2 Å². The molecule has 0 heterocycles. The van der Waals surface area contributed by atoms with Crippen molar-refractivity contribution in [2.75, 3.05) is 26.4 Å². The smallest absolute Gasteiger partial charge is 0.462 e. The number of ether oxygens (including phenoxy) is 3. The zero-order valence-corrected chi connectivity index (χ0v) is 52.4. The van der Waals surface area contributed by atoms with Crippen LogP contribution in [-0.4, -0.2) is 66.5 Å². The van der Waals surface area contributed by atoms with Gasteiger partial charge in [0.15, 0.2) is 6.10 Å². The van der Waals surface area contributed by atoms with Crippen LogP contribution in [0.3, 0.4) is 0 Å². The number of phosphoric acid groups is 1. The lowest BCUT2D eigenvalue weighted by Gasteiger charge is -2.21. The monoisotopic (exact) mass is 1140 g/mol. The van der Waals surface area contributed by atoms with E-state index in [0.717, 1.165) is 96.3 Å². The first-order valence-electron chi connectivity index (χ1n) is 32.8. The minimum Gasteiger partial charge on any atom is -0.462 e. The van der Waals surface area contributed by atoms with Crippen LogP contribution >= 0.6 is 7.82 Å². The molecule has 0 fully saturated rings. The molecular weight excluding hydrogens is 1020 g/mol. The number of hydrogen-bond donors (Lipinski definition) is 2. The first kappa shape index (κ1) is 76.9. The van der Waals surface area contributed by atoms with E-state index in [2.05, 4.69) is 93.7 Å². The molecule has 0 spiro atoms. The third kappa shape index (κ3) is 59.5. The lowest BCUT2D eigenvalue weighted by Crippen LogP contribution is -2.30. The molecule has 0 radical (unpaired) electrons. The summed E-state index contributed by atoms with van der Waals surface area (Å²) in [6, 6.07) is 0. The Morgan fingerprint density at radius 2 is 0.650 bits per heavy atom. The molecule has 2 N–H and O–H groups in total. The third-order valence-corrected chi connectivity index (χ3v) is 15.0. The molecule has 0 rings (SSSR count). The molecule has 0 aliphatic rings. The molecule has 464 valence electrons. The Bertz CT molecular complexity index is 1620. The van der Waals surface area contributed by atoms with Gasteiger partial charge in [-0.15, -0.1) is 0 Å². The molecular formula is C68H121O11P. The summed E-state index contributed by atoms with van der Waals surface area (Å²) in [6.45, 7) is 4.54. The summed E-state index contributed by atoms with van der Waals surface area (Å²) in [5.41, 5.74) is 0. The number of carbonyl (C=O) groups is 3. The fourth-order valence-corrected chi connectivity index (χ4v) is 9.89. The predicted octanol–water partition coefficient (Wildman–Crippen LogP) is 20.0. The fraction of sp³-hybridized carbons (Fsp3) is 0.779. The van der Waals surface area contributed by atoms with Crippen molar-refractivity contribution in [2.45, 2.75) is 315 Å². The average molecular weight is 1150 g/mol. The summed E-state index contributed by atoms with van der Waals surface area (Å²) < 4.78 is 39.7. The number of rotatable bonds is 61. The van der Waals surface area contributed by atoms with Gasteiger partial charge in [0.25, 0.3) is 0 Å². The molecule has 0 aromatic carbocycles. The second-order valence-corrected chi connectivity index (χ2v) is 23.3. The maximum atomic E-state index is 13.0. The van der Waals surface area contributed by atoms with Crippen LogP contribution in [0.15, 0.2) is 72.9 Å². The molecule has 0 aliphatic heterocycles. The van der Waals surface area contributed by atoms with Gasteiger partial charge in [0.2, 0.25) is 0 Å². The first-order chi connectivity index (χ1) is 39.2. The van der Waals surface area contributed by atoms with Crippen LogP contribution in [0.1, 0.15) is 303 Å². The van der Waals surface area contributed by atoms with Crippen LogP contribution in [0, 0.1) is 0 Å². The summed E-state index contributed by atoms with van der Waals surface area (Å²) in [7, 11) is -4.76. The van der Waals surface area contributed by atoms with Gasteiger partial charge in [-0.25, -0.2) is 4.57 Å². The Morgan fingerprint density at radius 3 is 1.01 bits per heavy atom. The van der Waals surface area contributed by atoms with Gasteiger partial charge in [-0.05, 0) is 109 Å². The Balaban J connectivity index is 4.72. The molecule has 0 saturated heterocycles. The molecule has 0 aromatic rings. The van der Waals surface area contributed by atoms with Crippen molar-refractivity contribution in [2.24, 2.45) is 0 Å². The van der Waals surface area contributed by atoms with Crippen LogP contribution in [0.25, 0.3) is 0 Å². The summed E-state index contributed by atoms with van der Waals surface area (Å²) in [4.78, 5) is 48.8. The minimum atomic E-state index is -4.76. The zero-order chi connectivity index (χ0) is 58.3. The van der Waals surface area contributed by atoms with E-state index in [9.17, 15) is 28.9 Å². The van der Waals surface area contributed by atoms with Crippen LogP contribution in [0.4, 0.5) is 0 Å². The van der Waals surface area contributed by atoms with Crippen LogP contribution in [-0.2, 0) is 42.2 Å². The van der Waals surface area contributed by atoms with Gasteiger partial charge in [-0.3, -0.25) is 23.4 Å². The molecule has 0 amide bonds. The Hall–Kier alpha value is -3.08. The predicted molar refractivity (Wildman–Crippen MR) is 335 cm³/mol. The van der Waals surface area contributed by atoms with Crippen molar-refractivity contribution in [1.29, 1.82) is 0 Å². The van der Waals surface area contributed by atoms with Gasteiger partial charge in [-0.2, -0.15) is 0 Å². The highest BCUT2D eigenvalue weighted by molar-refractivity contribution is 7.47. The Morgan fingerprint density at radius 1 is 0.362 bits per heavy atom. The van der Waals surface area contributed by atoms with Crippen LogP contribution in [0.5, 0.6) is 0 Å². The van der Waals surface area contributed by atoms with Crippen molar-refractivity contribution in [3.8, 4) is 0 Å². The van der Waals surface area contributed by atoms with Gasteiger partial charge in [0.05, 0.1) is 19.8 Å². The number of allylic oxidation sites excluding steroid dienone is 12. The number of aliphatic hydroxyl groups is 1. The number of unbranched alkanes of at least 4 members (excludes halogenated alkanes) is 32. The van der Waals surface area contributed by atoms with Crippen LogP contribution < -0.4 is 0 Å². The first-order valence-corrected chi connectivity index (χ1v) is 34.3. The number of phosphoric ester groups is 1. The highest BCUT2D eigenvalue weighted by Crippen LogP contribution is 2.43. The molecule has 0 aromatic heterocycles. The summed E-state index contributed by atoms with van der Waals surface area (Å²) in [5, 5.41) is 9.86. The number of carbonyl (C=O) groups excluding carboxylic acids is 3. The minimum absolute atomic E-state index is 0.159. The summed E-state index contributed by atoms with van der Waals surface area (Å²) >= 11 is 0. The van der Waals surface area contributed by atoms with E-state index >= 15 is 0 Å². The zero-order valence-electron chi connectivity index (χ0n) is 51.5. The highest BCUT2D eigenvalue weighted by atomic mass is 31.2. The highest BCUT2D eigenvalue weighted by Gasteiger charge is 2.28. The summed E-state index contributed by atoms with van der Waals surface area (Å²) in [6.07, 6.45) is 71.3. The van der Waals surface area contributed by atoms with Gasteiger partial charge in [0.1, 0.15) is 12.7 Å². The van der Waals surface area contributed by atoms with Crippen molar-refractivity contribution in [1.82, 2.24) is 0 Å². The topological polar surface area (TPSA) is 155 Å². The largest absolute Gasteiger partial charge is 0.472 e. The normalized spacial score (nSPS) is 13.7. The maximum absolute atomic E-state index is 13.0. The Labute approximate surface area is 490 Å². The quantitative estimate of drug-likeness (QED) is 0.0197. The summed E-state index contributed by atoms with van der Waals surface area (Å²) in [5.74, 6) is -1.49. The van der Waals surface area contributed by atoms with E-state index in [-0.39, 0.29) is 25.9 Å². The number of esters is 3. The van der Waals surface area contributed by atoms with Crippen molar-refractivity contribution in [3.05, 3.63) is 72.9 Å². The van der Waals surface area contributed by atoms with E-state index in [1.54, 1.807) is 0 Å². The standard InChI is InChI=1S/C68H121O11P/c1-4-7-10-13-16-19-22-25-28-31-32-35-38-41-44-47-50-53-56-59-68(72)79-65(61-75-66(70)57-54-51-48-45-42-39-36-33-29-26-23-20-17-14-11-8-5-2)63-77-80(73,74)76-62-64(60-69)78-67(71)58-55-52-49-46-43-40-37-34-30-27-24-21-18-15-12-9-6-3/h8,11,17,20,25-30,36,39,64-65,69H,4-7,9-10,12-16,18-19,21-24,31-35,37-38,40-63H2,1-3H3,(H,73,74)/b11-8-,20-17-,28-25-,29-26-,30-27-,39-36-. The van der Waals surface area contributed by atoms with E-state index in [0.29, 0.717) is 19.3 Å². The van der Waals surface area contributed by atoms with E-state index in [1.807, 2.05) is 0 Å². The number of aliphatic hydroxyl groups excluding tert-OH is 1. The number of hydrogen-bond acceptors (Lipinski definition) is 10. The molecule has 3 unspecified atom stereocenters. The third-order valence-electron chi connectivity index (χ3n) is 14.1. The van der Waals surface area contributed by atoms with E-state index in [4.69, 9.17) is 23.3 Å². The average Bonchev–Trinajstić information content (AvgIpc) is 3.45. The molecule has 80 heavy (non-hydrogen) atoms. The fourth-order valence-electron chi connectivity index (χ4n) is 9.10. The van der Waals surface area contributed by atoms with Crippen LogP contribution in [0.2, 0.25) is 0 Å². The molecule has 11 nitrogen and oxygen atoms in total. The maximum Gasteiger partial charge on any atom is 0.472 e. The van der Waals surface area contributed by atoms with Gasteiger partial charge >= 0.3 is 25.7 Å². The molecule has 0 bridgehead atoms. The van der Waals surface area contributed by atoms with Gasteiger partial charge in [-0.1, -0.05) is 248 Å². The van der Waals surface area contributed by atoms with Crippen molar-refractivity contribution >= 4 is 25.7 Å². The van der Waals surface area contributed by atoms with Crippen molar-refractivity contribution in [3.63, 3.8) is 0 Å². The molecule has 0 aliphatic carbocycles. The van der Waals surface area contributed by atoms with E-state index in [1.165, 1.54) is 148 Å². The molecule has 0 saturated carbocycles. The lowest BCUT2D eigenvalue weighted by molar-refractivity contribution is -0.161. The Kier molecular flexibility index (Phi) is 59.6. The molecule has 3 atom stereocenters. The van der Waals surface area contributed by atoms with Gasteiger partial charge < -0.3 is 24.2 Å². The second kappa shape index (κ2) is 62.0. The van der Waals surface area contributed by atoms with Gasteiger partial charge in [0, 0.05) is 19.3 Å². The second-order valence-electron chi connectivity index (χ2n) is 21.9. The SMILES string of the molecule is CC/C=C\C/C=C\C/C=C\C/C=C\CCCCCCC(=O)OCC(COP(=O)(O)OCC(CO)OC(=O)CCCCCCCCC/C=C\CCCCCCCC)OC(=O)CCCCCCCCCCC/C=C\CCCCCCCC. The van der Waals surface area contributed by atoms with E-state index < -0.39 is 57.8 Å². The lowest BCUT2D eigenvalue weighted by atomic mass is 10.1.